The Hall–Kier alpha value is -3.23. The maximum Gasteiger partial charge on any atom is 0.291 e. The minimum Gasteiger partial charge on any atom is -0.455 e. The molecular formula is C17H17F2N5O2. The van der Waals surface area contributed by atoms with Crippen molar-refractivity contribution < 1.29 is 18.0 Å². The molecule has 0 radical (unpaired) electrons. The molecule has 136 valence electrons. The van der Waals surface area contributed by atoms with Gasteiger partial charge in [-0.05, 0) is 31.9 Å². The Bertz CT molecular complexity index is 929. The maximum absolute atomic E-state index is 13.7. The lowest BCUT2D eigenvalue weighted by molar-refractivity contribution is 0.0993. The van der Waals surface area contributed by atoms with Crippen LogP contribution in [0.4, 0.5) is 14.5 Å². The van der Waals surface area contributed by atoms with Gasteiger partial charge in [-0.25, -0.2) is 8.78 Å². The Morgan fingerprint density at radius 2 is 2.04 bits per heavy atom. The number of aryl methyl sites for hydroxylation is 1. The highest BCUT2D eigenvalue weighted by Crippen LogP contribution is 2.30. The second kappa shape index (κ2) is 6.95. The summed E-state index contributed by atoms with van der Waals surface area (Å²) in [6.45, 7) is 1.70. The van der Waals surface area contributed by atoms with Crippen LogP contribution in [0.2, 0.25) is 0 Å². The Kier molecular flexibility index (Phi) is 4.70. The highest BCUT2D eigenvalue weighted by molar-refractivity contribution is 6.09. The lowest BCUT2D eigenvalue weighted by Crippen LogP contribution is -2.22. The number of nitrogens with zero attached hydrogens (tertiary/aromatic N) is 2. The summed E-state index contributed by atoms with van der Waals surface area (Å²) in [7, 11) is 0. The Morgan fingerprint density at radius 3 is 2.73 bits per heavy atom. The first-order valence-corrected chi connectivity index (χ1v) is 7.91. The predicted octanol–water partition coefficient (Wildman–Crippen LogP) is 2.43. The van der Waals surface area contributed by atoms with Crippen molar-refractivity contribution in [1.29, 1.82) is 0 Å². The van der Waals surface area contributed by atoms with E-state index in [1.54, 1.807) is 6.92 Å². The summed E-state index contributed by atoms with van der Waals surface area (Å²) in [5, 5.41) is 10.1. The van der Waals surface area contributed by atoms with Gasteiger partial charge in [0.15, 0.2) is 5.76 Å². The molecule has 0 saturated carbocycles. The first-order chi connectivity index (χ1) is 12.4. The number of benzene rings is 1. The number of hydrogen-bond donors (Lipinski definition) is 3. The van der Waals surface area contributed by atoms with Crippen molar-refractivity contribution in [3.05, 3.63) is 52.5 Å². The molecule has 1 aliphatic carbocycles. The molecule has 0 spiro atoms. The highest BCUT2D eigenvalue weighted by Gasteiger charge is 2.28. The smallest absolute Gasteiger partial charge is 0.291 e. The second-order valence-electron chi connectivity index (χ2n) is 5.86. The zero-order valence-corrected chi connectivity index (χ0v) is 14.0. The SMILES string of the molecule is Cc1c(C(=O)Nc2ccc(F)cc2F)oc2c1/C(=N/N=C(N)N)CCC2. The molecule has 1 amide bonds. The lowest BCUT2D eigenvalue weighted by Gasteiger charge is -2.11. The van der Waals surface area contributed by atoms with E-state index in [0.717, 1.165) is 18.6 Å². The minimum atomic E-state index is -0.873. The number of anilines is 1. The number of guanidine groups is 1. The summed E-state index contributed by atoms with van der Waals surface area (Å²) in [6.07, 6.45) is 2.04. The van der Waals surface area contributed by atoms with Gasteiger partial charge in [-0.2, -0.15) is 5.10 Å². The van der Waals surface area contributed by atoms with Crippen LogP contribution < -0.4 is 16.8 Å². The van der Waals surface area contributed by atoms with Gasteiger partial charge in [0.25, 0.3) is 5.91 Å². The number of nitrogens with two attached hydrogens (primary N) is 2. The van der Waals surface area contributed by atoms with E-state index in [1.165, 1.54) is 0 Å². The summed E-state index contributed by atoms with van der Waals surface area (Å²) in [5.41, 5.74) is 12.3. The third-order valence-corrected chi connectivity index (χ3v) is 4.00. The zero-order valence-electron chi connectivity index (χ0n) is 14.0. The molecule has 0 fully saturated rings. The summed E-state index contributed by atoms with van der Waals surface area (Å²) in [4.78, 5) is 12.5. The fraction of sp³-hybridized carbons (Fsp3) is 0.235. The molecule has 3 rings (SSSR count). The quantitative estimate of drug-likeness (QED) is 0.442. The molecule has 0 atom stereocenters. The van der Waals surface area contributed by atoms with Crippen LogP contribution in [0.15, 0.2) is 32.8 Å². The van der Waals surface area contributed by atoms with Crippen molar-refractivity contribution >= 4 is 23.3 Å². The van der Waals surface area contributed by atoms with E-state index in [4.69, 9.17) is 15.9 Å². The largest absolute Gasteiger partial charge is 0.455 e. The number of carbonyl (C=O) groups excluding carboxylic acids is 1. The fourth-order valence-corrected chi connectivity index (χ4v) is 2.87. The summed E-state index contributed by atoms with van der Waals surface area (Å²) in [5.74, 6) is -1.77. The predicted molar refractivity (Wildman–Crippen MR) is 93.0 cm³/mol. The Morgan fingerprint density at radius 1 is 1.27 bits per heavy atom. The van der Waals surface area contributed by atoms with E-state index < -0.39 is 17.5 Å². The summed E-state index contributed by atoms with van der Waals surface area (Å²) in [6, 6.07) is 2.89. The van der Waals surface area contributed by atoms with E-state index in [2.05, 4.69) is 15.5 Å². The molecular weight excluding hydrogens is 344 g/mol. The standard InChI is InChI=1S/C17H17F2N5O2/c1-8-14-12(23-24-17(20)21)3-2-4-13(14)26-15(8)16(25)22-11-6-5-9(18)7-10(11)19/h5-7H,2-4H2,1H3,(H,22,25)(H4,20,21,24)/b23-12+. The molecule has 0 unspecified atom stereocenters. The molecule has 0 saturated heterocycles. The van der Waals surface area contributed by atoms with Crippen molar-refractivity contribution in [2.24, 2.45) is 21.7 Å². The molecule has 26 heavy (non-hydrogen) atoms. The zero-order chi connectivity index (χ0) is 18.8. The van der Waals surface area contributed by atoms with E-state index in [0.29, 0.717) is 41.5 Å². The monoisotopic (exact) mass is 361 g/mol. The molecule has 7 nitrogen and oxygen atoms in total. The molecule has 5 N–H and O–H groups in total. The normalized spacial score (nSPS) is 14.8. The van der Waals surface area contributed by atoms with Crippen LogP contribution in [0.3, 0.4) is 0 Å². The van der Waals surface area contributed by atoms with Gasteiger partial charge in [-0.1, -0.05) is 0 Å². The molecule has 2 aromatic rings. The second-order valence-corrected chi connectivity index (χ2v) is 5.86. The summed E-state index contributed by atoms with van der Waals surface area (Å²) >= 11 is 0. The van der Waals surface area contributed by atoms with Gasteiger partial charge >= 0.3 is 0 Å². The van der Waals surface area contributed by atoms with Crippen LogP contribution in [-0.4, -0.2) is 17.6 Å². The van der Waals surface area contributed by atoms with E-state index in [-0.39, 0.29) is 17.4 Å². The Balaban J connectivity index is 1.93. The van der Waals surface area contributed by atoms with E-state index in [1.807, 2.05) is 0 Å². The third-order valence-electron chi connectivity index (χ3n) is 4.00. The molecule has 1 heterocycles. The van der Waals surface area contributed by atoms with Gasteiger partial charge < -0.3 is 21.2 Å². The fourth-order valence-electron chi connectivity index (χ4n) is 2.87. The van der Waals surface area contributed by atoms with Gasteiger partial charge in [-0.3, -0.25) is 4.79 Å². The number of hydrogen-bond acceptors (Lipinski definition) is 4. The van der Waals surface area contributed by atoms with Gasteiger partial charge in [-0.15, -0.1) is 5.10 Å². The lowest BCUT2D eigenvalue weighted by atomic mass is 9.93. The first-order valence-electron chi connectivity index (χ1n) is 7.91. The van der Waals surface area contributed by atoms with Gasteiger partial charge in [0.1, 0.15) is 17.4 Å². The summed E-state index contributed by atoms with van der Waals surface area (Å²) < 4.78 is 32.4. The molecule has 1 aromatic carbocycles. The number of nitrogens with one attached hydrogen (secondary N) is 1. The van der Waals surface area contributed by atoms with Crippen LogP contribution >= 0.6 is 0 Å². The molecule has 1 aromatic heterocycles. The minimum absolute atomic E-state index is 0.0398. The molecule has 0 aliphatic heterocycles. The van der Waals surface area contributed by atoms with Crippen LogP contribution in [0.25, 0.3) is 0 Å². The molecule has 0 bridgehead atoms. The number of halogens is 2. The number of carbonyl (C=O) groups is 1. The van der Waals surface area contributed by atoms with Gasteiger partial charge in [0, 0.05) is 23.6 Å². The number of rotatable bonds is 3. The van der Waals surface area contributed by atoms with Crippen molar-refractivity contribution in [2.75, 3.05) is 5.32 Å². The molecule has 9 heteroatoms. The average molecular weight is 361 g/mol. The Labute approximate surface area is 147 Å². The van der Waals surface area contributed by atoms with Gasteiger partial charge in [0.05, 0.1) is 11.4 Å². The van der Waals surface area contributed by atoms with Gasteiger partial charge in [0.2, 0.25) is 5.96 Å². The van der Waals surface area contributed by atoms with Crippen LogP contribution in [0, 0.1) is 18.6 Å². The van der Waals surface area contributed by atoms with Crippen molar-refractivity contribution in [3.8, 4) is 0 Å². The van der Waals surface area contributed by atoms with Crippen molar-refractivity contribution in [1.82, 2.24) is 0 Å². The molecule has 1 aliphatic rings. The van der Waals surface area contributed by atoms with Crippen LogP contribution in [-0.2, 0) is 6.42 Å². The number of amides is 1. The van der Waals surface area contributed by atoms with Crippen LogP contribution in [0.1, 0.15) is 40.3 Å². The average Bonchev–Trinajstić information content (AvgIpc) is 2.93. The third kappa shape index (κ3) is 3.41. The maximum atomic E-state index is 13.7. The number of fused-ring (bicyclic) bond motifs is 1. The van der Waals surface area contributed by atoms with E-state index >= 15 is 0 Å². The number of furan rings is 1. The van der Waals surface area contributed by atoms with Crippen LogP contribution in [0.5, 0.6) is 0 Å². The van der Waals surface area contributed by atoms with Crippen molar-refractivity contribution in [3.63, 3.8) is 0 Å². The van der Waals surface area contributed by atoms with E-state index in [9.17, 15) is 13.6 Å². The topological polar surface area (TPSA) is 119 Å². The highest BCUT2D eigenvalue weighted by atomic mass is 19.1. The van der Waals surface area contributed by atoms with Crippen molar-refractivity contribution in [2.45, 2.75) is 26.2 Å². The first kappa shape index (κ1) is 17.6.